The Labute approximate surface area is 153 Å². The van der Waals surface area contributed by atoms with Crippen molar-refractivity contribution in [3.05, 3.63) is 35.9 Å². The monoisotopic (exact) mass is 355 g/mol. The van der Waals surface area contributed by atoms with Crippen molar-refractivity contribution in [1.29, 1.82) is 0 Å². The van der Waals surface area contributed by atoms with Gasteiger partial charge in [0.05, 0.1) is 0 Å². The molecule has 2 saturated carbocycles. The van der Waals surface area contributed by atoms with Crippen LogP contribution in [0.3, 0.4) is 0 Å². The fraction of sp³-hybridized carbons (Fsp3) is 0.550. The molecule has 2 N–H and O–H groups in total. The normalized spacial score (nSPS) is 25.5. The SMILES string of the molecule is CCC1(c2ccccc2)NC(=O)N(CC(=O)NC(C2CC2)C2CC2)C1=O. The Bertz CT molecular complexity index is 715. The summed E-state index contributed by atoms with van der Waals surface area (Å²) in [4.78, 5) is 39.1. The number of carbonyl (C=O) groups is 3. The minimum absolute atomic E-state index is 0.213. The summed E-state index contributed by atoms with van der Waals surface area (Å²) in [5, 5.41) is 5.90. The van der Waals surface area contributed by atoms with Crippen LogP contribution in [-0.4, -0.2) is 35.3 Å². The molecule has 1 aromatic carbocycles. The van der Waals surface area contributed by atoms with Gasteiger partial charge in [-0.3, -0.25) is 14.5 Å². The van der Waals surface area contributed by atoms with E-state index in [-0.39, 0.29) is 24.4 Å². The molecule has 0 aromatic heterocycles. The zero-order valence-electron chi connectivity index (χ0n) is 15.0. The van der Waals surface area contributed by atoms with Gasteiger partial charge in [-0.05, 0) is 49.5 Å². The topological polar surface area (TPSA) is 78.5 Å². The first-order chi connectivity index (χ1) is 12.5. The van der Waals surface area contributed by atoms with Crippen LogP contribution in [0.4, 0.5) is 4.79 Å². The number of hydrogen-bond acceptors (Lipinski definition) is 3. The van der Waals surface area contributed by atoms with E-state index in [0.29, 0.717) is 18.3 Å². The zero-order valence-corrected chi connectivity index (χ0v) is 15.0. The van der Waals surface area contributed by atoms with Gasteiger partial charge in [0.15, 0.2) is 0 Å². The van der Waals surface area contributed by atoms with Gasteiger partial charge in [-0.15, -0.1) is 0 Å². The minimum atomic E-state index is -1.08. The molecule has 26 heavy (non-hydrogen) atoms. The number of benzene rings is 1. The van der Waals surface area contributed by atoms with E-state index in [1.807, 2.05) is 37.3 Å². The maximum atomic E-state index is 13.0. The van der Waals surface area contributed by atoms with Gasteiger partial charge in [0.1, 0.15) is 12.1 Å². The van der Waals surface area contributed by atoms with Crippen LogP contribution in [0.25, 0.3) is 0 Å². The number of amides is 4. The van der Waals surface area contributed by atoms with Gasteiger partial charge < -0.3 is 10.6 Å². The van der Waals surface area contributed by atoms with Crippen molar-refractivity contribution in [1.82, 2.24) is 15.5 Å². The first-order valence-corrected chi connectivity index (χ1v) is 9.54. The van der Waals surface area contributed by atoms with Crippen molar-refractivity contribution >= 4 is 17.8 Å². The minimum Gasteiger partial charge on any atom is -0.351 e. The first kappa shape index (κ1) is 17.1. The van der Waals surface area contributed by atoms with Crippen molar-refractivity contribution < 1.29 is 14.4 Å². The molecule has 1 aliphatic heterocycles. The molecule has 1 atom stereocenters. The van der Waals surface area contributed by atoms with Crippen LogP contribution in [0.1, 0.15) is 44.6 Å². The van der Waals surface area contributed by atoms with Crippen LogP contribution < -0.4 is 10.6 Å². The van der Waals surface area contributed by atoms with Gasteiger partial charge in [-0.25, -0.2) is 4.79 Å². The second-order valence-corrected chi connectivity index (χ2v) is 7.71. The molecule has 6 heteroatoms. The lowest BCUT2D eigenvalue weighted by molar-refractivity contribution is -0.135. The van der Waals surface area contributed by atoms with E-state index in [9.17, 15) is 14.4 Å². The lowest BCUT2D eigenvalue weighted by Gasteiger charge is -2.26. The highest BCUT2D eigenvalue weighted by atomic mass is 16.2. The summed E-state index contributed by atoms with van der Waals surface area (Å²) in [5.41, 5.74) is -0.331. The molecule has 0 spiro atoms. The van der Waals surface area contributed by atoms with Crippen LogP contribution in [-0.2, 0) is 15.1 Å². The summed E-state index contributed by atoms with van der Waals surface area (Å²) in [7, 11) is 0. The van der Waals surface area contributed by atoms with E-state index in [4.69, 9.17) is 0 Å². The largest absolute Gasteiger partial charge is 0.351 e. The Hall–Kier alpha value is -2.37. The van der Waals surface area contributed by atoms with Gasteiger partial charge in [0, 0.05) is 6.04 Å². The van der Waals surface area contributed by atoms with Crippen molar-refractivity contribution in [2.45, 2.75) is 50.6 Å². The molecule has 3 aliphatic rings. The predicted molar refractivity (Wildman–Crippen MR) is 96.0 cm³/mol. The summed E-state index contributed by atoms with van der Waals surface area (Å²) in [6.07, 6.45) is 5.09. The number of rotatable bonds is 7. The average Bonchev–Trinajstić information content (AvgIpc) is 3.56. The fourth-order valence-electron chi connectivity index (χ4n) is 4.04. The third kappa shape index (κ3) is 2.97. The Morgan fingerprint density at radius 3 is 2.35 bits per heavy atom. The molecule has 1 unspecified atom stereocenters. The average molecular weight is 355 g/mol. The van der Waals surface area contributed by atoms with Crippen LogP contribution in [0.2, 0.25) is 0 Å². The number of nitrogens with one attached hydrogen (secondary N) is 2. The van der Waals surface area contributed by atoms with Gasteiger partial charge in [0.25, 0.3) is 5.91 Å². The van der Waals surface area contributed by atoms with Crippen LogP contribution in [0, 0.1) is 11.8 Å². The summed E-state index contributed by atoms with van der Waals surface area (Å²) in [6, 6.07) is 8.95. The Morgan fingerprint density at radius 1 is 1.19 bits per heavy atom. The first-order valence-electron chi connectivity index (χ1n) is 9.54. The lowest BCUT2D eigenvalue weighted by atomic mass is 9.87. The molecular formula is C20H25N3O3. The highest BCUT2D eigenvalue weighted by Crippen LogP contribution is 2.44. The molecule has 4 amide bonds. The third-order valence-electron chi connectivity index (χ3n) is 5.86. The molecule has 0 radical (unpaired) electrons. The summed E-state index contributed by atoms with van der Waals surface area (Å²) in [5.74, 6) is 0.570. The third-order valence-corrected chi connectivity index (χ3v) is 5.86. The molecule has 3 fully saturated rings. The van der Waals surface area contributed by atoms with Crippen LogP contribution >= 0.6 is 0 Å². The summed E-state index contributed by atoms with van der Waals surface area (Å²) in [6.45, 7) is 1.65. The van der Waals surface area contributed by atoms with E-state index in [0.717, 1.165) is 36.1 Å². The standard InChI is InChI=1S/C20H25N3O3/c1-2-20(15-6-4-3-5-7-15)18(25)23(19(26)22-20)12-16(24)21-17(13-8-9-13)14-10-11-14/h3-7,13-14,17H,2,8-12H2,1H3,(H,21,24)(H,22,26). The van der Waals surface area contributed by atoms with E-state index in [2.05, 4.69) is 10.6 Å². The van der Waals surface area contributed by atoms with E-state index in [1.165, 1.54) is 0 Å². The second kappa shape index (κ2) is 6.41. The summed E-state index contributed by atoms with van der Waals surface area (Å²) < 4.78 is 0. The van der Waals surface area contributed by atoms with Crippen LogP contribution in [0.5, 0.6) is 0 Å². The molecular weight excluding hydrogens is 330 g/mol. The Kier molecular flexibility index (Phi) is 4.21. The highest BCUT2D eigenvalue weighted by Gasteiger charge is 2.52. The molecule has 6 nitrogen and oxygen atoms in total. The van der Waals surface area contributed by atoms with Crippen LogP contribution in [0.15, 0.2) is 30.3 Å². The molecule has 138 valence electrons. The fourth-order valence-corrected chi connectivity index (χ4v) is 4.04. The Morgan fingerprint density at radius 2 is 1.81 bits per heavy atom. The maximum Gasteiger partial charge on any atom is 0.325 e. The number of carbonyl (C=O) groups excluding carboxylic acids is 3. The van der Waals surface area contributed by atoms with Crippen molar-refractivity contribution in [3.63, 3.8) is 0 Å². The van der Waals surface area contributed by atoms with Gasteiger partial charge in [0.2, 0.25) is 5.91 Å². The quantitative estimate of drug-likeness (QED) is 0.736. The number of urea groups is 1. The molecule has 1 aromatic rings. The molecule has 0 bridgehead atoms. The number of nitrogens with zero attached hydrogens (tertiary/aromatic N) is 1. The van der Waals surface area contributed by atoms with Gasteiger partial charge in [-0.1, -0.05) is 37.3 Å². The molecule has 2 aliphatic carbocycles. The second-order valence-electron chi connectivity index (χ2n) is 7.71. The predicted octanol–water partition coefficient (Wildman–Crippen LogP) is 2.15. The van der Waals surface area contributed by atoms with E-state index in [1.54, 1.807) is 0 Å². The lowest BCUT2D eigenvalue weighted by Crippen LogP contribution is -2.47. The number of hydrogen-bond donors (Lipinski definition) is 2. The van der Waals surface area contributed by atoms with Gasteiger partial charge in [-0.2, -0.15) is 0 Å². The Balaban J connectivity index is 1.47. The molecule has 4 rings (SSSR count). The molecule has 1 saturated heterocycles. The maximum absolute atomic E-state index is 13.0. The highest BCUT2D eigenvalue weighted by molar-refractivity contribution is 6.09. The summed E-state index contributed by atoms with van der Waals surface area (Å²) >= 11 is 0. The van der Waals surface area contributed by atoms with Crippen molar-refractivity contribution in [2.24, 2.45) is 11.8 Å². The molecule has 1 heterocycles. The van der Waals surface area contributed by atoms with Crippen molar-refractivity contribution in [3.8, 4) is 0 Å². The van der Waals surface area contributed by atoms with E-state index >= 15 is 0 Å². The van der Waals surface area contributed by atoms with Crippen molar-refractivity contribution in [2.75, 3.05) is 6.54 Å². The number of imide groups is 1. The zero-order chi connectivity index (χ0) is 18.3. The smallest absolute Gasteiger partial charge is 0.325 e. The van der Waals surface area contributed by atoms with E-state index < -0.39 is 11.6 Å². The van der Waals surface area contributed by atoms with Gasteiger partial charge >= 0.3 is 6.03 Å².